The normalized spacial score (nSPS) is 16.6. The minimum absolute atomic E-state index is 0.158. The standard InChI is InChI=1S/C18H17N/c1-19-14-12-18(13-15-19,16-8-4-2-5-9-16)17-10-6-3-7-11-17/h2-15H,1H3. The predicted molar refractivity (Wildman–Crippen MR) is 79.7 cm³/mol. The molecule has 0 N–H and O–H groups in total. The predicted octanol–water partition coefficient (Wildman–Crippen LogP) is 3.95. The molecule has 0 fully saturated rings. The molecule has 1 nitrogen and oxygen atoms in total. The summed E-state index contributed by atoms with van der Waals surface area (Å²) in [6.07, 6.45) is 8.77. The largest absolute Gasteiger partial charge is 0.358 e. The lowest BCUT2D eigenvalue weighted by atomic mass is 9.73. The molecule has 0 saturated carbocycles. The van der Waals surface area contributed by atoms with E-state index in [2.05, 4.69) is 90.1 Å². The fourth-order valence-electron chi connectivity index (χ4n) is 2.55. The molecule has 0 spiro atoms. The van der Waals surface area contributed by atoms with Crippen molar-refractivity contribution in [3.8, 4) is 0 Å². The summed E-state index contributed by atoms with van der Waals surface area (Å²) in [4.78, 5) is 2.07. The van der Waals surface area contributed by atoms with Crippen molar-refractivity contribution in [2.24, 2.45) is 0 Å². The molecule has 0 radical (unpaired) electrons. The third-order valence-electron chi connectivity index (χ3n) is 3.65. The van der Waals surface area contributed by atoms with Gasteiger partial charge in [-0.1, -0.05) is 60.7 Å². The average Bonchev–Trinajstić information content (AvgIpc) is 2.50. The first-order chi connectivity index (χ1) is 9.31. The smallest absolute Gasteiger partial charge is 0.0596 e. The first-order valence-electron chi connectivity index (χ1n) is 6.53. The van der Waals surface area contributed by atoms with E-state index in [-0.39, 0.29) is 5.41 Å². The van der Waals surface area contributed by atoms with Crippen LogP contribution in [0, 0.1) is 0 Å². The molecule has 1 heterocycles. The summed E-state index contributed by atoms with van der Waals surface area (Å²) in [7, 11) is 2.05. The quantitative estimate of drug-likeness (QED) is 0.776. The Labute approximate surface area is 114 Å². The molecule has 94 valence electrons. The molecule has 1 heteroatoms. The summed E-state index contributed by atoms with van der Waals surface area (Å²) in [5, 5.41) is 0. The van der Waals surface area contributed by atoms with E-state index in [9.17, 15) is 0 Å². The molecule has 0 bridgehead atoms. The van der Waals surface area contributed by atoms with E-state index in [1.165, 1.54) is 11.1 Å². The molecule has 0 aliphatic carbocycles. The van der Waals surface area contributed by atoms with Crippen LogP contribution in [0.2, 0.25) is 0 Å². The number of allylic oxidation sites excluding steroid dienone is 2. The highest BCUT2D eigenvalue weighted by molar-refractivity contribution is 5.50. The van der Waals surface area contributed by atoms with E-state index in [4.69, 9.17) is 0 Å². The van der Waals surface area contributed by atoms with Crippen LogP contribution in [-0.4, -0.2) is 11.9 Å². The van der Waals surface area contributed by atoms with Crippen molar-refractivity contribution < 1.29 is 0 Å². The Morgan fingerprint density at radius 1 is 0.684 bits per heavy atom. The van der Waals surface area contributed by atoms with Crippen molar-refractivity contribution in [3.63, 3.8) is 0 Å². The maximum atomic E-state index is 2.26. The first-order valence-corrected chi connectivity index (χ1v) is 6.53. The third kappa shape index (κ3) is 2.08. The SMILES string of the molecule is CN1C=CC(c2ccccc2)(c2ccccc2)C=C1. The molecule has 2 aromatic carbocycles. The Balaban J connectivity index is 2.18. The molecule has 0 amide bonds. The van der Waals surface area contributed by atoms with Gasteiger partial charge in [-0.3, -0.25) is 0 Å². The molecule has 0 unspecified atom stereocenters. The van der Waals surface area contributed by atoms with Crippen LogP contribution in [0.15, 0.2) is 85.2 Å². The second-order valence-corrected chi connectivity index (χ2v) is 4.90. The lowest BCUT2D eigenvalue weighted by Gasteiger charge is -2.32. The van der Waals surface area contributed by atoms with Crippen molar-refractivity contribution >= 4 is 0 Å². The van der Waals surface area contributed by atoms with E-state index in [0.29, 0.717) is 0 Å². The minimum Gasteiger partial charge on any atom is -0.358 e. The second-order valence-electron chi connectivity index (χ2n) is 4.90. The van der Waals surface area contributed by atoms with E-state index in [1.807, 2.05) is 7.05 Å². The molecule has 2 aromatic rings. The van der Waals surface area contributed by atoms with Gasteiger partial charge < -0.3 is 4.90 Å². The summed E-state index contributed by atoms with van der Waals surface area (Å²) in [5.41, 5.74) is 2.43. The van der Waals surface area contributed by atoms with Crippen molar-refractivity contribution in [1.82, 2.24) is 4.90 Å². The van der Waals surface area contributed by atoms with Crippen molar-refractivity contribution in [2.75, 3.05) is 7.05 Å². The van der Waals surface area contributed by atoms with Crippen molar-refractivity contribution in [2.45, 2.75) is 5.41 Å². The molecular formula is C18H17N. The fourth-order valence-corrected chi connectivity index (χ4v) is 2.55. The van der Waals surface area contributed by atoms with Crippen LogP contribution in [0.3, 0.4) is 0 Å². The Kier molecular flexibility index (Phi) is 2.96. The molecular weight excluding hydrogens is 230 g/mol. The molecule has 0 atom stereocenters. The highest BCUT2D eigenvalue weighted by Gasteiger charge is 2.30. The lowest BCUT2D eigenvalue weighted by molar-refractivity contribution is 0.584. The Hall–Kier alpha value is -2.28. The summed E-state index contributed by atoms with van der Waals surface area (Å²) < 4.78 is 0. The highest BCUT2D eigenvalue weighted by atomic mass is 15.1. The Bertz CT molecular complexity index is 541. The van der Waals surface area contributed by atoms with Gasteiger partial charge in [-0.2, -0.15) is 0 Å². The van der Waals surface area contributed by atoms with Gasteiger partial charge in [-0.05, 0) is 23.3 Å². The number of rotatable bonds is 2. The van der Waals surface area contributed by atoms with Crippen LogP contribution in [0.1, 0.15) is 11.1 Å². The van der Waals surface area contributed by atoms with Crippen LogP contribution in [0.25, 0.3) is 0 Å². The van der Waals surface area contributed by atoms with Crippen LogP contribution >= 0.6 is 0 Å². The number of hydrogen-bond acceptors (Lipinski definition) is 1. The molecule has 3 rings (SSSR count). The van der Waals surface area contributed by atoms with E-state index >= 15 is 0 Å². The lowest BCUT2D eigenvalue weighted by Crippen LogP contribution is -2.26. The Morgan fingerprint density at radius 2 is 1.11 bits per heavy atom. The maximum absolute atomic E-state index is 2.26. The van der Waals surface area contributed by atoms with Crippen molar-refractivity contribution in [3.05, 3.63) is 96.3 Å². The molecule has 1 aliphatic rings. The van der Waals surface area contributed by atoms with Gasteiger partial charge in [0.2, 0.25) is 0 Å². The van der Waals surface area contributed by atoms with Crippen molar-refractivity contribution in [1.29, 1.82) is 0 Å². The zero-order valence-electron chi connectivity index (χ0n) is 11.0. The van der Waals surface area contributed by atoms with Crippen LogP contribution < -0.4 is 0 Å². The van der Waals surface area contributed by atoms with E-state index < -0.39 is 0 Å². The molecule has 19 heavy (non-hydrogen) atoms. The van der Waals surface area contributed by atoms with Crippen LogP contribution in [-0.2, 0) is 5.41 Å². The monoisotopic (exact) mass is 247 g/mol. The second kappa shape index (κ2) is 4.77. The van der Waals surface area contributed by atoms with Gasteiger partial charge in [0.25, 0.3) is 0 Å². The zero-order chi connectivity index (χ0) is 13.1. The van der Waals surface area contributed by atoms with Gasteiger partial charge in [0.15, 0.2) is 0 Å². The number of hydrogen-bond donors (Lipinski definition) is 0. The average molecular weight is 247 g/mol. The summed E-state index contributed by atoms with van der Waals surface area (Å²) in [6.45, 7) is 0. The summed E-state index contributed by atoms with van der Waals surface area (Å²) >= 11 is 0. The van der Waals surface area contributed by atoms with Gasteiger partial charge in [0.05, 0.1) is 5.41 Å². The topological polar surface area (TPSA) is 3.24 Å². The minimum atomic E-state index is -0.158. The van der Waals surface area contributed by atoms with Crippen LogP contribution in [0.5, 0.6) is 0 Å². The van der Waals surface area contributed by atoms with E-state index in [0.717, 1.165) is 0 Å². The fraction of sp³-hybridized carbons (Fsp3) is 0.111. The molecule has 0 saturated heterocycles. The third-order valence-corrected chi connectivity index (χ3v) is 3.65. The molecule has 1 aliphatic heterocycles. The summed E-state index contributed by atoms with van der Waals surface area (Å²) in [6, 6.07) is 21.3. The van der Waals surface area contributed by atoms with Gasteiger partial charge in [-0.15, -0.1) is 0 Å². The van der Waals surface area contributed by atoms with Gasteiger partial charge in [0, 0.05) is 19.4 Å². The van der Waals surface area contributed by atoms with Gasteiger partial charge in [0.1, 0.15) is 0 Å². The number of benzene rings is 2. The number of nitrogens with zero attached hydrogens (tertiary/aromatic N) is 1. The Morgan fingerprint density at radius 3 is 1.53 bits per heavy atom. The van der Waals surface area contributed by atoms with Gasteiger partial charge >= 0.3 is 0 Å². The zero-order valence-corrected chi connectivity index (χ0v) is 11.0. The van der Waals surface area contributed by atoms with E-state index in [1.54, 1.807) is 0 Å². The van der Waals surface area contributed by atoms with Crippen LogP contribution in [0.4, 0.5) is 0 Å². The highest BCUT2D eigenvalue weighted by Crippen LogP contribution is 2.37. The maximum Gasteiger partial charge on any atom is 0.0596 e. The first kappa shape index (κ1) is 11.8. The summed E-state index contributed by atoms with van der Waals surface area (Å²) in [5.74, 6) is 0. The molecule has 0 aromatic heterocycles. The van der Waals surface area contributed by atoms with Gasteiger partial charge in [-0.25, -0.2) is 0 Å².